The van der Waals surface area contributed by atoms with Crippen molar-refractivity contribution in [2.45, 2.75) is 6.54 Å². The van der Waals surface area contributed by atoms with Gasteiger partial charge >= 0.3 is 0 Å². The van der Waals surface area contributed by atoms with Gasteiger partial charge in [-0.15, -0.1) is 0 Å². The van der Waals surface area contributed by atoms with E-state index in [1.165, 1.54) is 0 Å². The van der Waals surface area contributed by atoms with Crippen LogP contribution in [0.1, 0.15) is 5.56 Å². The van der Waals surface area contributed by atoms with Gasteiger partial charge < -0.3 is 0 Å². The number of hydrogen-bond donors (Lipinski definition) is 0. The second-order valence-electron chi connectivity index (χ2n) is 4.68. The number of benzene rings is 2. The lowest BCUT2D eigenvalue weighted by Crippen LogP contribution is -1.93. The number of nitrogens with zero attached hydrogens (tertiary/aromatic N) is 5. The zero-order valence-corrected chi connectivity index (χ0v) is 12.4. The van der Waals surface area contributed by atoms with E-state index in [1.807, 2.05) is 60.8 Å². The summed E-state index contributed by atoms with van der Waals surface area (Å²) in [5.41, 5.74) is 12.1. The van der Waals surface area contributed by atoms with Gasteiger partial charge in [-0.25, -0.2) is 4.68 Å². The van der Waals surface area contributed by atoms with Gasteiger partial charge in [-0.2, -0.15) is 5.10 Å². The van der Waals surface area contributed by atoms with Crippen molar-refractivity contribution in [3.05, 3.63) is 81.8 Å². The Labute approximate surface area is 132 Å². The van der Waals surface area contributed by atoms with Gasteiger partial charge in [0.05, 0.1) is 17.9 Å². The van der Waals surface area contributed by atoms with Crippen molar-refractivity contribution in [2.24, 2.45) is 5.11 Å². The Morgan fingerprint density at radius 2 is 1.82 bits per heavy atom. The van der Waals surface area contributed by atoms with E-state index in [4.69, 9.17) is 17.1 Å². The molecular weight excluding hydrogens is 298 g/mol. The molecule has 0 aliphatic heterocycles. The van der Waals surface area contributed by atoms with Gasteiger partial charge in [-0.05, 0) is 29.8 Å². The van der Waals surface area contributed by atoms with E-state index < -0.39 is 0 Å². The lowest BCUT2D eigenvalue weighted by Gasteiger charge is -2.01. The van der Waals surface area contributed by atoms with Crippen molar-refractivity contribution in [3.8, 4) is 16.9 Å². The third-order valence-electron chi connectivity index (χ3n) is 3.23. The maximum atomic E-state index is 8.56. The van der Waals surface area contributed by atoms with Crippen LogP contribution in [0.25, 0.3) is 27.4 Å². The Morgan fingerprint density at radius 3 is 2.50 bits per heavy atom. The molecule has 0 radical (unpaired) electrons. The first-order chi connectivity index (χ1) is 10.8. The summed E-state index contributed by atoms with van der Waals surface area (Å²) in [7, 11) is 0. The molecule has 0 aliphatic carbocycles. The SMILES string of the molecule is [N-]=[N+]=NCc1cn(-c2ccccc2)nc1-c1ccc(Cl)cc1. The van der Waals surface area contributed by atoms with Crippen molar-refractivity contribution < 1.29 is 0 Å². The Bertz CT molecular complexity index is 818. The fraction of sp³-hybridized carbons (Fsp3) is 0.0625. The second-order valence-corrected chi connectivity index (χ2v) is 5.12. The van der Waals surface area contributed by atoms with Gasteiger partial charge in [0, 0.05) is 27.3 Å². The van der Waals surface area contributed by atoms with Gasteiger partial charge in [0.1, 0.15) is 0 Å². The molecule has 2 aromatic carbocycles. The van der Waals surface area contributed by atoms with Crippen molar-refractivity contribution in [1.29, 1.82) is 0 Å². The van der Waals surface area contributed by atoms with Crippen LogP contribution in [-0.2, 0) is 6.54 Å². The van der Waals surface area contributed by atoms with Crippen molar-refractivity contribution >= 4 is 11.6 Å². The number of aromatic nitrogens is 2. The van der Waals surface area contributed by atoms with Gasteiger partial charge in [0.2, 0.25) is 0 Å². The standard InChI is InChI=1S/C16H12ClN5/c17-14-8-6-12(7-9-14)16-13(10-19-21-18)11-22(20-16)15-4-2-1-3-5-15/h1-9,11H,10H2. The molecule has 0 spiro atoms. The highest BCUT2D eigenvalue weighted by atomic mass is 35.5. The maximum Gasteiger partial charge on any atom is 0.0960 e. The summed E-state index contributed by atoms with van der Waals surface area (Å²) < 4.78 is 1.78. The molecule has 0 aliphatic rings. The molecule has 0 saturated carbocycles. The van der Waals surface area contributed by atoms with Crippen LogP contribution < -0.4 is 0 Å². The summed E-state index contributed by atoms with van der Waals surface area (Å²) in [6, 6.07) is 17.2. The zero-order valence-electron chi connectivity index (χ0n) is 11.6. The minimum atomic E-state index is 0.251. The quantitative estimate of drug-likeness (QED) is 0.380. The molecule has 3 aromatic rings. The maximum absolute atomic E-state index is 8.56. The molecule has 0 N–H and O–H groups in total. The molecule has 3 rings (SSSR count). The van der Waals surface area contributed by atoms with E-state index in [2.05, 4.69) is 15.1 Å². The Balaban J connectivity index is 2.09. The monoisotopic (exact) mass is 309 g/mol. The summed E-state index contributed by atoms with van der Waals surface area (Å²) in [5.74, 6) is 0. The lowest BCUT2D eigenvalue weighted by molar-refractivity contribution is 0.883. The van der Waals surface area contributed by atoms with Gasteiger partial charge in [0.25, 0.3) is 0 Å². The summed E-state index contributed by atoms with van der Waals surface area (Å²) in [5, 5.41) is 8.95. The number of rotatable bonds is 4. The van der Waals surface area contributed by atoms with Gasteiger partial charge in [-0.1, -0.05) is 47.0 Å². The summed E-state index contributed by atoms with van der Waals surface area (Å²) in [6.45, 7) is 0.251. The van der Waals surface area contributed by atoms with Crippen LogP contribution in [-0.4, -0.2) is 9.78 Å². The number of hydrogen-bond acceptors (Lipinski definition) is 2. The molecule has 0 fully saturated rings. The molecule has 0 unspecified atom stereocenters. The number of halogens is 1. The first-order valence-corrected chi connectivity index (χ1v) is 7.06. The molecule has 6 heteroatoms. The normalized spacial score (nSPS) is 10.2. The molecule has 108 valence electrons. The third kappa shape index (κ3) is 2.96. The Kier molecular flexibility index (Phi) is 4.10. The van der Waals surface area contributed by atoms with Crippen molar-refractivity contribution in [3.63, 3.8) is 0 Å². The van der Waals surface area contributed by atoms with Crippen molar-refractivity contribution in [1.82, 2.24) is 9.78 Å². The van der Waals surface area contributed by atoms with E-state index in [-0.39, 0.29) is 6.54 Å². The predicted molar refractivity (Wildman–Crippen MR) is 86.9 cm³/mol. The van der Waals surface area contributed by atoms with Crippen LogP contribution in [0.3, 0.4) is 0 Å². The van der Waals surface area contributed by atoms with Crippen LogP contribution in [0.4, 0.5) is 0 Å². The van der Waals surface area contributed by atoms with Crippen molar-refractivity contribution in [2.75, 3.05) is 0 Å². The van der Waals surface area contributed by atoms with Gasteiger partial charge in [0.15, 0.2) is 0 Å². The van der Waals surface area contributed by atoms with Crippen LogP contribution in [0.5, 0.6) is 0 Å². The molecule has 0 atom stereocenters. The first-order valence-electron chi connectivity index (χ1n) is 6.68. The second kappa shape index (κ2) is 6.35. The summed E-state index contributed by atoms with van der Waals surface area (Å²) in [6.07, 6.45) is 1.88. The lowest BCUT2D eigenvalue weighted by atomic mass is 10.1. The predicted octanol–water partition coefficient (Wildman–Crippen LogP) is 5.00. The number of azide groups is 1. The topological polar surface area (TPSA) is 66.6 Å². The molecule has 1 aromatic heterocycles. The van der Waals surface area contributed by atoms with Crippen LogP contribution in [0.2, 0.25) is 5.02 Å². The molecular formula is C16H12ClN5. The Hall–Kier alpha value is -2.75. The molecule has 22 heavy (non-hydrogen) atoms. The highest BCUT2D eigenvalue weighted by molar-refractivity contribution is 6.30. The highest BCUT2D eigenvalue weighted by Crippen LogP contribution is 2.25. The zero-order chi connectivity index (χ0) is 15.4. The molecule has 0 bridgehead atoms. The third-order valence-corrected chi connectivity index (χ3v) is 3.48. The molecule has 0 amide bonds. The van der Waals surface area contributed by atoms with Gasteiger partial charge in [-0.3, -0.25) is 0 Å². The Morgan fingerprint density at radius 1 is 1.09 bits per heavy atom. The average Bonchev–Trinajstić information content (AvgIpc) is 2.98. The fourth-order valence-corrected chi connectivity index (χ4v) is 2.32. The minimum absolute atomic E-state index is 0.251. The van der Waals surface area contributed by atoms with Crippen LogP contribution >= 0.6 is 11.6 Å². The fourth-order valence-electron chi connectivity index (χ4n) is 2.20. The molecule has 1 heterocycles. The van der Waals surface area contributed by atoms with E-state index >= 15 is 0 Å². The van der Waals surface area contributed by atoms with Crippen LogP contribution in [0, 0.1) is 0 Å². The highest BCUT2D eigenvalue weighted by Gasteiger charge is 2.11. The van der Waals surface area contributed by atoms with E-state index in [1.54, 1.807) is 4.68 Å². The summed E-state index contributed by atoms with van der Waals surface area (Å²) >= 11 is 5.93. The van der Waals surface area contributed by atoms with Crippen LogP contribution in [0.15, 0.2) is 65.9 Å². The number of para-hydroxylation sites is 1. The summed E-state index contributed by atoms with van der Waals surface area (Å²) in [4.78, 5) is 2.83. The largest absolute Gasteiger partial charge is 0.240 e. The first kappa shape index (κ1) is 14.2. The van der Waals surface area contributed by atoms with E-state index in [9.17, 15) is 0 Å². The molecule has 5 nitrogen and oxygen atoms in total. The average molecular weight is 310 g/mol. The minimum Gasteiger partial charge on any atom is -0.240 e. The smallest absolute Gasteiger partial charge is 0.0960 e. The molecule has 0 saturated heterocycles. The van der Waals surface area contributed by atoms with E-state index in [0.29, 0.717) is 5.02 Å². The van der Waals surface area contributed by atoms with E-state index in [0.717, 1.165) is 22.5 Å².